The van der Waals surface area contributed by atoms with E-state index in [2.05, 4.69) is 10.2 Å². The van der Waals surface area contributed by atoms with Gasteiger partial charge in [0.25, 0.3) is 5.56 Å². The van der Waals surface area contributed by atoms with Crippen molar-refractivity contribution in [3.63, 3.8) is 0 Å². The van der Waals surface area contributed by atoms with Crippen LogP contribution >= 0.6 is 0 Å². The maximum absolute atomic E-state index is 12.4. The molecular weight excluding hydrogens is 338 g/mol. The van der Waals surface area contributed by atoms with Gasteiger partial charge in [-0.25, -0.2) is 14.7 Å². The number of carbonyl (C=O) groups excluding carboxylic acids is 2. The molecule has 1 N–H and O–H groups in total. The predicted octanol–water partition coefficient (Wildman–Crippen LogP) is 1.42. The number of pyridine rings is 1. The van der Waals surface area contributed by atoms with E-state index in [1.807, 2.05) is 30.3 Å². The largest absolute Gasteiger partial charge is 0.467 e. The number of methoxy groups -OCH3 is 2. The second-order valence-corrected chi connectivity index (χ2v) is 5.65. The van der Waals surface area contributed by atoms with Gasteiger partial charge in [0, 0.05) is 18.8 Å². The van der Waals surface area contributed by atoms with Crippen molar-refractivity contribution in [2.24, 2.45) is 0 Å². The number of rotatable bonds is 5. The van der Waals surface area contributed by atoms with E-state index in [-0.39, 0.29) is 16.8 Å². The van der Waals surface area contributed by atoms with Gasteiger partial charge in [-0.1, -0.05) is 30.3 Å². The first-order valence-electron chi connectivity index (χ1n) is 7.85. The summed E-state index contributed by atoms with van der Waals surface area (Å²) in [5.74, 6) is -1.15. The smallest absolute Gasteiger partial charge is 0.341 e. The minimum Gasteiger partial charge on any atom is -0.467 e. The average Bonchev–Trinajstić information content (AvgIpc) is 3.06. The molecule has 2 aliphatic rings. The molecule has 1 aromatic rings. The Morgan fingerprint density at radius 2 is 1.88 bits per heavy atom. The van der Waals surface area contributed by atoms with Crippen LogP contribution in [-0.4, -0.2) is 40.9 Å². The zero-order valence-corrected chi connectivity index (χ0v) is 14.3. The van der Waals surface area contributed by atoms with E-state index < -0.39 is 23.5 Å². The van der Waals surface area contributed by atoms with Gasteiger partial charge in [0.2, 0.25) is 0 Å². The van der Waals surface area contributed by atoms with Crippen molar-refractivity contribution in [3.05, 3.63) is 64.2 Å². The number of nitrogens with one attached hydrogen (secondary N) is 1. The number of hydrogen-bond acceptors (Lipinski definition) is 6. The SMILES string of the molecule is COC(=O)c1cn(C(Cc2ccccc2)C(=O)OC)cc2c(=O)[nH]nc1-2. The first-order valence-corrected chi connectivity index (χ1v) is 7.85. The fourth-order valence-electron chi connectivity index (χ4n) is 2.78. The normalized spacial score (nSPS) is 11.9. The first kappa shape index (κ1) is 17.4. The highest BCUT2D eigenvalue weighted by molar-refractivity contribution is 5.96. The molecule has 0 radical (unpaired) electrons. The number of hydrogen-bond donors (Lipinski definition) is 1. The lowest BCUT2D eigenvalue weighted by Gasteiger charge is -2.20. The summed E-state index contributed by atoms with van der Waals surface area (Å²) in [5, 5.41) is 6.18. The van der Waals surface area contributed by atoms with Gasteiger partial charge in [0.1, 0.15) is 17.3 Å². The van der Waals surface area contributed by atoms with Crippen LogP contribution in [0.1, 0.15) is 22.0 Å². The molecule has 0 amide bonds. The summed E-state index contributed by atoms with van der Waals surface area (Å²) in [5.41, 5.74) is 0.925. The Hall–Kier alpha value is -3.42. The second kappa shape index (κ2) is 7.22. The summed E-state index contributed by atoms with van der Waals surface area (Å²) in [6.45, 7) is 0. The van der Waals surface area contributed by atoms with Gasteiger partial charge in [-0.2, -0.15) is 5.10 Å². The molecule has 0 aromatic heterocycles. The molecule has 0 spiro atoms. The Bertz CT molecular complexity index is 961. The molecule has 134 valence electrons. The van der Waals surface area contributed by atoms with Crippen LogP contribution in [0, 0.1) is 0 Å². The van der Waals surface area contributed by atoms with E-state index in [9.17, 15) is 14.4 Å². The van der Waals surface area contributed by atoms with Crippen molar-refractivity contribution in [2.75, 3.05) is 14.2 Å². The van der Waals surface area contributed by atoms with Crippen LogP contribution in [0.5, 0.6) is 0 Å². The standard InChI is InChI=1S/C18H17N3O5/c1-25-17(23)13-10-21(9-12-15(13)19-20-16(12)22)14(18(24)26-2)8-11-6-4-3-5-7-11/h3-7,9-10,14H,8H2,1-2H3,(H,20,22). The fraction of sp³-hybridized carbons (Fsp3) is 0.222. The lowest BCUT2D eigenvalue weighted by atomic mass is 10.0. The number of esters is 2. The molecule has 0 bridgehead atoms. The van der Waals surface area contributed by atoms with E-state index in [1.54, 1.807) is 0 Å². The molecule has 3 rings (SSSR count). The molecule has 1 unspecified atom stereocenters. The topological polar surface area (TPSA) is 103 Å². The Morgan fingerprint density at radius 3 is 2.54 bits per heavy atom. The fourth-order valence-corrected chi connectivity index (χ4v) is 2.78. The van der Waals surface area contributed by atoms with Gasteiger partial charge in [0.05, 0.1) is 19.8 Å². The van der Waals surface area contributed by atoms with Crippen molar-refractivity contribution in [1.82, 2.24) is 14.8 Å². The molecule has 0 saturated heterocycles. The van der Waals surface area contributed by atoms with E-state index in [0.717, 1.165) is 5.56 Å². The summed E-state index contributed by atoms with van der Waals surface area (Å²) < 4.78 is 11.2. The molecule has 2 heterocycles. The summed E-state index contributed by atoms with van der Waals surface area (Å²) in [4.78, 5) is 36.5. The number of benzene rings is 1. The van der Waals surface area contributed by atoms with Crippen molar-refractivity contribution < 1.29 is 19.1 Å². The number of fused-ring (bicyclic) bond motifs is 1. The van der Waals surface area contributed by atoms with Crippen molar-refractivity contribution >= 4 is 11.9 Å². The number of nitrogens with zero attached hydrogens (tertiary/aromatic N) is 2. The molecule has 0 saturated carbocycles. The molecule has 1 atom stereocenters. The first-order chi connectivity index (χ1) is 12.5. The maximum atomic E-state index is 12.4. The minimum atomic E-state index is -0.760. The Kier molecular flexibility index (Phi) is 4.83. The molecule has 1 aromatic carbocycles. The van der Waals surface area contributed by atoms with Gasteiger partial charge >= 0.3 is 11.9 Å². The third kappa shape index (κ3) is 3.21. The number of carbonyl (C=O) groups is 2. The average molecular weight is 355 g/mol. The van der Waals surface area contributed by atoms with Gasteiger partial charge in [-0.05, 0) is 5.56 Å². The number of aromatic nitrogens is 3. The molecule has 0 fully saturated rings. The number of aromatic amines is 1. The molecule has 0 aliphatic carbocycles. The van der Waals surface area contributed by atoms with Crippen LogP contribution in [0.2, 0.25) is 0 Å². The van der Waals surface area contributed by atoms with Crippen LogP contribution in [-0.2, 0) is 20.7 Å². The molecule has 8 nitrogen and oxygen atoms in total. The van der Waals surface area contributed by atoms with Gasteiger partial charge in [0.15, 0.2) is 0 Å². The van der Waals surface area contributed by atoms with E-state index in [0.29, 0.717) is 6.42 Å². The van der Waals surface area contributed by atoms with Crippen LogP contribution in [0.3, 0.4) is 0 Å². The number of H-pyrrole nitrogens is 1. The minimum absolute atomic E-state index is 0.0883. The molecule has 26 heavy (non-hydrogen) atoms. The quantitative estimate of drug-likeness (QED) is 0.694. The third-order valence-corrected chi connectivity index (χ3v) is 4.09. The highest BCUT2D eigenvalue weighted by Crippen LogP contribution is 2.25. The zero-order valence-electron chi connectivity index (χ0n) is 14.3. The molecule has 2 aliphatic heterocycles. The van der Waals surface area contributed by atoms with E-state index in [4.69, 9.17) is 9.47 Å². The monoisotopic (exact) mass is 355 g/mol. The Balaban J connectivity index is 2.14. The summed E-state index contributed by atoms with van der Waals surface area (Å²) in [7, 11) is 2.52. The summed E-state index contributed by atoms with van der Waals surface area (Å²) >= 11 is 0. The van der Waals surface area contributed by atoms with Crippen molar-refractivity contribution in [3.8, 4) is 11.3 Å². The summed E-state index contributed by atoms with van der Waals surface area (Å²) in [6.07, 6.45) is 3.26. The van der Waals surface area contributed by atoms with Gasteiger partial charge < -0.3 is 14.0 Å². The Labute approximate surface area is 148 Å². The van der Waals surface area contributed by atoms with Gasteiger partial charge in [-0.15, -0.1) is 0 Å². The molecule has 8 heteroatoms. The maximum Gasteiger partial charge on any atom is 0.341 e. The number of ether oxygens (including phenoxy) is 2. The highest BCUT2D eigenvalue weighted by Gasteiger charge is 2.27. The van der Waals surface area contributed by atoms with Crippen LogP contribution < -0.4 is 5.56 Å². The highest BCUT2D eigenvalue weighted by atomic mass is 16.5. The predicted molar refractivity (Wildman–Crippen MR) is 92.0 cm³/mol. The lowest BCUT2D eigenvalue weighted by Crippen LogP contribution is -2.25. The Morgan fingerprint density at radius 1 is 1.15 bits per heavy atom. The zero-order chi connectivity index (χ0) is 18.7. The third-order valence-electron chi connectivity index (χ3n) is 4.09. The molecular formula is C18H17N3O5. The summed E-state index contributed by atoms with van der Waals surface area (Å²) in [6, 6.07) is 8.61. The van der Waals surface area contributed by atoms with Crippen molar-refractivity contribution in [2.45, 2.75) is 12.5 Å². The van der Waals surface area contributed by atoms with Gasteiger partial charge in [-0.3, -0.25) is 4.79 Å². The van der Waals surface area contributed by atoms with Crippen LogP contribution in [0.4, 0.5) is 0 Å². The van der Waals surface area contributed by atoms with E-state index in [1.165, 1.54) is 31.2 Å². The van der Waals surface area contributed by atoms with Crippen LogP contribution in [0.25, 0.3) is 11.3 Å². The van der Waals surface area contributed by atoms with Crippen molar-refractivity contribution in [1.29, 1.82) is 0 Å². The lowest BCUT2D eigenvalue weighted by molar-refractivity contribution is -0.144. The van der Waals surface area contributed by atoms with E-state index >= 15 is 0 Å². The van der Waals surface area contributed by atoms with Crippen LogP contribution in [0.15, 0.2) is 47.5 Å². The second-order valence-electron chi connectivity index (χ2n) is 5.65.